The first-order valence-corrected chi connectivity index (χ1v) is 4.97. The lowest BCUT2D eigenvalue weighted by Gasteiger charge is -1.96. The van der Waals surface area contributed by atoms with Gasteiger partial charge in [-0.3, -0.25) is 9.59 Å². The maximum Gasteiger partial charge on any atom is 0.317 e. The van der Waals surface area contributed by atoms with Crippen molar-refractivity contribution in [1.29, 1.82) is 0 Å². The van der Waals surface area contributed by atoms with Crippen molar-refractivity contribution in [1.82, 2.24) is 4.98 Å². The van der Waals surface area contributed by atoms with Crippen molar-refractivity contribution in [3.63, 3.8) is 0 Å². The van der Waals surface area contributed by atoms with Crippen molar-refractivity contribution in [3.05, 3.63) is 33.7 Å². The van der Waals surface area contributed by atoms with E-state index in [2.05, 4.69) is 16.8 Å². The van der Waals surface area contributed by atoms with Gasteiger partial charge in [0.1, 0.15) is 6.42 Å². The van der Waals surface area contributed by atoms with Crippen LogP contribution in [0.1, 0.15) is 24.5 Å². The summed E-state index contributed by atoms with van der Waals surface area (Å²) in [5, 5.41) is 0. The SMILES string of the molecule is CCOC(=O)CC#Cc1c[nH]c(=O)cc1C. The zero-order valence-corrected chi connectivity index (χ0v) is 9.29. The lowest BCUT2D eigenvalue weighted by atomic mass is 10.1. The van der Waals surface area contributed by atoms with E-state index in [0.29, 0.717) is 12.2 Å². The Labute approximate surface area is 93.6 Å². The smallest absolute Gasteiger partial charge is 0.317 e. The molecule has 1 aromatic rings. The number of carbonyl (C=O) groups is 1. The standard InChI is InChI=1S/C12H13NO3/c1-3-16-12(15)6-4-5-10-8-13-11(14)7-9(10)2/h7-8H,3,6H2,1-2H3,(H,13,14). The molecule has 1 aromatic heterocycles. The summed E-state index contributed by atoms with van der Waals surface area (Å²) in [5.74, 6) is 5.17. The molecule has 0 radical (unpaired) electrons. The Morgan fingerprint density at radius 1 is 1.56 bits per heavy atom. The van der Waals surface area contributed by atoms with Gasteiger partial charge in [-0.25, -0.2) is 0 Å². The molecule has 0 amide bonds. The highest BCUT2D eigenvalue weighted by Crippen LogP contribution is 1.99. The highest BCUT2D eigenvalue weighted by Gasteiger charge is 1.97. The Bertz CT molecular complexity index is 491. The summed E-state index contributed by atoms with van der Waals surface area (Å²) in [6.07, 6.45) is 1.60. The fraction of sp³-hybridized carbons (Fsp3) is 0.333. The van der Waals surface area contributed by atoms with Crippen LogP contribution in [0.15, 0.2) is 17.1 Å². The monoisotopic (exact) mass is 219 g/mol. The van der Waals surface area contributed by atoms with E-state index in [1.165, 1.54) is 12.3 Å². The molecule has 1 heterocycles. The molecule has 0 fully saturated rings. The molecule has 1 rings (SSSR count). The van der Waals surface area contributed by atoms with Gasteiger partial charge in [0.05, 0.1) is 6.61 Å². The molecule has 0 bridgehead atoms. The van der Waals surface area contributed by atoms with Crippen molar-refractivity contribution < 1.29 is 9.53 Å². The summed E-state index contributed by atoms with van der Waals surface area (Å²) in [4.78, 5) is 24.5. The predicted molar refractivity (Wildman–Crippen MR) is 59.9 cm³/mol. The first-order valence-electron chi connectivity index (χ1n) is 4.97. The second-order valence-electron chi connectivity index (χ2n) is 3.18. The molecule has 1 N–H and O–H groups in total. The van der Waals surface area contributed by atoms with Crippen LogP contribution < -0.4 is 5.56 Å². The van der Waals surface area contributed by atoms with Crippen LogP contribution in [0.3, 0.4) is 0 Å². The van der Waals surface area contributed by atoms with Crippen molar-refractivity contribution in [2.24, 2.45) is 0 Å². The van der Waals surface area contributed by atoms with E-state index >= 15 is 0 Å². The van der Waals surface area contributed by atoms with Gasteiger partial charge in [-0.2, -0.15) is 0 Å². The number of pyridine rings is 1. The van der Waals surface area contributed by atoms with Crippen LogP contribution in [0, 0.1) is 18.8 Å². The molecule has 0 spiro atoms. The van der Waals surface area contributed by atoms with Crippen LogP contribution in [0.5, 0.6) is 0 Å². The highest BCUT2D eigenvalue weighted by atomic mass is 16.5. The Morgan fingerprint density at radius 2 is 2.31 bits per heavy atom. The molecular formula is C12H13NO3. The van der Waals surface area contributed by atoms with Gasteiger partial charge in [0.15, 0.2) is 0 Å². The Balaban J connectivity index is 2.70. The number of hydrogen-bond donors (Lipinski definition) is 1. The summed E-state index contributed by atoms with van der Waals surface area (Å²) in [6.45, 7) is 3.90. The van der Waals surface area contributed by atoms with Gasteiger partial charge < -0.3 is 9.72 Å². The fourth-order valence-corrected chi connectivity index (χ4v) is 1.13. The van der Waals surface area contributed by atoms with Crippen molar-refractivity contribution in [3.8, 4) is 11.8 Å². The number of aromatic nitrogens is 1. The normalized spacial score (nSPS) is 9.12. The van der Waals surface area contributed by atoms with Gasteiger partial charge in [0.25, 0.3) is 0 Å². The van der Waals surface area contributed by atoms with E-state index in [-0.39, 0.29) is 17.9 Å². The number of aryl methyl sites for hydroxylation is 1. The second kappa shape index (κ2) is 5.76. The van der Waals surface area contributed by atoms with E-state index in [0.717, 1.165) is 5.56 Å². The summed E-state index contributed by atoms with van der Waals surface area (Å²) in [7, 11) is 0. The summed E-state index contributed by atoms with van der Waals surface area (Å²) < 4.78 is 4.73. The van der Waals surface area contributed by atoms with Gasteiger partial charge in [0.2, 0.25) is 5.56 Å². The van der Waals surface area contributed by atoms with Gasteiger partial charge in [-0.1, -0.05) is 11.8 Å². The largest absolute Gasteiger partial charge is 0.465 e. The highest BCUT2D eigenvalue weighted by molar-refractivity contribution is 5.72. The van der Waals surface area contributed by atoms with Gasteiger partial charge in [-0.15, -0.1) is 0 Å². The molecule has 84 valence electrons. The molecular weight excluding hydrogens is 206 g/mol. The third-order valence-electron chi connectivity index (χ3n) is 1.89. The van der Waals surface area contributed by atoms with Crippen LogP contribution in [0.25, 0.3) is 0 Å². The Kier molecular flexibility index (Phi) is 4.34. The molecule has 0 aliphatic carbocycles. The molecule has 0 atom stereocenters. The summed E-state index contributed by atoms with van der Waals surface area (Å²) in [6, 6.07) is 1.47. The topological polar surface area (TPSA) is 59.2 Å². The summed E-state index contributed by atoms with van der Waals surface area (Å²) >= 11 is 0. The van der Waals surface area contributed by atoms with E-state index < -0.39 is 0 Å². The lowest BCUT2D eigenvalue weighted by Crippen LogP contribution is -2.05. The number of aromatic amines is 1. The van der Waals surface area contributed by atoms with Crippen LogP contribution in [0.2, 0.25) is 0 Å². The average Bonchev–Trinajstić information content (AvgIpc) is 2.22. The first-order chi connectivity index (χ1) is 7.63. The summed E-state index contributed by atoms with van der Waals surface area (Å²) in [5.41, 5.74) is 1.34. The van der Waals surface area contributed by atoms with E-state index in [1.807, 2.05) is 0 Å². The number of hydrogen-bond acceptors (Lipinski definition) is 3. The Morgan fingerprint density at radius 3 is 2.94 bits per heavy atom. The molecule has 0 saturated carbocycles. The number of carbonyl (C=O) groups excluding carboxylic acids is 1. The zero-order valence-electron chi connectivity index (χ0n) is 9.29. The van der Waals surface area contributed by atoms with E-state index in [9.17, 15) is 9.59 Å². The molecule has 4 heteroatoms. The predicted octanol–water partition coefficient (Wildman–Crippen LogP) is 0.988. The molecule has 4 nitrogen and oxygen atoms in total. The number of ether oxygens (including phenoxy) is 1. The Hall–Kier alpha value is -2.02. The average molecular weight is 219 g/mol. The molecule has 16 heavy (non-hydrogen) atoms. The zero-order chi connectivity index (χ0) is 12.0. The maximum atomic E-state index is 11.0. The van der Waals surface area contributed by atoms with Crippen LogP contribution in [-0.4, -0.2) is 17.6 Å². The molecule has 0 aromatic carbocycles. The quantitative estimate of drug-likeness (QED) is 0.596. The minimum atomic E-state index is -0.336. The third kappa shape index (κ3) is 3.62. The number of esters is 1. The number of H-pyrrole nitrogens is 1. The van der Waals surface area contributed by atoms with Crippen molar-refractivity contribution >= 4 is 5.97 Å². The van der Waals surface area contributed by atoms with Crippen LogP contribution in [-0.2, 0) is 9.53 Å². The molecule has 0 aliphatic rings. The first kappa shape index (κ1) is 12.1. The van der Waals surface area contributed by atoms with Crippen LogP contribution >= 0.6 is 0 Å². The molecule has 0 saturated heterocycles. The van der Waals surface area contributed by atoms with Crippen molar-refractivity contribution in [2.45, 2.75) is 20.3 Å². The fourth-order valence-electron chi connectivity index (χ4n) is 1.13. The second-order valence-corrected chi connectivity index (χ2v) is 3.18. The van der Waals surface area contributed by atoms with Gasteiger partial charge in [-0.05, 0) is 19.4 Å². The molecule has 0 aliphatic heterocycles. The minimum absolute atomic E-state index is 0.0619. The van der Waals surface area contributed by atoms with Gasteiger partial charge in [0, 0.05) is 17.8 Å². The van der Waals surface area contributed by atoms with Gasteiger partial charge >= 0.3 is 5.97 Å². The lowest BCUT2D eigenvalue weighted by molar-refractivity contribution is -0.141. The van der Waals surface area contributed by atoms with Crippen LogP contribution in [0.4, 0.5) is 0 Å². The van der Waals surface area contributed by atoms with E-state index in [4.69, 9.17) is 4.74 Å². The van der Waals surface area contributed by atoms with E-state index in [1.54, 1.807) is 13.8 Å². The number of rotatable bonds is 2. The third-order valence-corrected chi connectivity index (χ3v) is 1.89. The van der Waals surface area contributed by atoms with Crippen molar-refractivity contribution in [2.75, 3.05) is 6.61 Å². The molecule has 0 unspecified atom stereocenters. The minimum Gasteiger partial charge on any atom is -0.465 e. The number of nitrogens with one attached hydrogen (secondary N) is 1. The maximum absolute atomic E-state index is 11.0.